The molecule has 2 amide bonds. The molecule has 9 heteroatoms. The molecule has 0 atom stereocenters. The van der Waals surface area contributed by atoms with Gasteiger partial charge >= 0.3 is 0 Å². The maximum Gasteiger partial charge on any atom is 0.255 e. The van der Waals surface area contributed by atoms with Crippen molar-refractivity contribution in [2.75, 3.05) is 12.4 Å². The molecule has 34 heavy (non-hydrogen) atoms. The number of hydrogen-bond donors (Lipinski definition) is 2. The molecule has 0 unspecified atom stereocenters. The van der Waals surface area contributed by atoms with E-state index in [1.54, 1.807) is 54.3 Å². The van der Waals surface area contributed by atoms with E-state index in [1.807, 2.05) is 23.6 Å². The van der Waals surface area contributed by atoms with Crippen LogP contribution in [0.2, 0.25) is 0 Å². The molecular formula is C25H22N4O4S. The first-order valence-corrected chi connectivity index (χ1v) is 11.3. The molecule has 0 saturated carbocycles. The number of amides is 2. The van der Waals surface area contributed by atoms with Crippen molar-refractivity contribution in [3.63, 3.8) is 0 Å². The molecule has 8 nitrogen and oxygen atoms in total. The quantitative estimate of drug-likeness (QED) is 0.375. The van der Waals surface area contributed by atoms with Gasteiger partial charge in [0.15, 0.2) is 11.5 Å². The Balaban J connectivity index is 1.35. The normalized spacial score (nSPS) is 10.4. The minimum atomic E-state index is -0.254. The van der Waals surface area contributed by atoms with Crippen molar-refractivity contribution in [1.29, 1.82) is 0 Å². The van der Waals surface area contributed by atoms with Crippen molar-refractivity contribution in [2.45, 2.75) is 13.2 Å². The fourth-order valence-electron chi connectivity index (χ4n) is 3.14. The average Bonchev–Trinajstić information content (AvgIpc) is 3.40. The lowest BCUT2D eigenvalue weighted by Gasteiger charge is -2.12. The number of benzene rings is 2. The van der Waals surface area contributed by atoms with Crippen LogP contribution >= 0.6 is 11.3 Å². The maximum atomic E-state index is 12.7. The summed E-state index contributed by atoms with van der Waals surface area (Å²) in [5, 5.41) is 7.65. The van der Waals surface area contributed by atoms with Gasteiger partial charge in [0.05, 0.1) is 18.3 Å². The zero-order chi connectivity index (χ0) is 23.8. The number of thiazole rings is 1. The number of carbonyl (C=O) groups is 2. The van der Waals surface area contributed by atoms with Gasteiger partial charge in [-0.3, -0.25) is 14.6 Å². The van der Waals surface area contributed by atoms with E-state index in [-0.39, 0.29) is 11.8 Å². The van der Waals surface area contributed by atoms with Crippen LogP contribution in [0.3, 0.4) is 0 Å². The van der Waals surface area contributed by atoms with Gasteiger partial charge in [-0.05, 0) is 48.0 Å². The van der Waals surface area contributed by atoms with Gasteiger partial charge in [0.1, 0.15) is 6.61 Å². The molecule has 2 heterocycles. The highest BCUT2D eigenvalue weighted by molar-refractivity contribution is 7.07. The fraction of sp³-hybridized carbons (Fsp3) is 0.120. The predicted molar refractivity (Wildman–Crippen MR) is 129 cm³/mol. The SMILES string of the molecule is COc1cc(C(=O)NCc2cccc(NC(=O)c3ccncc3)c2)ccc1OCc1cscn1. The van der Waals surface area contributed by atoms with Crippen molar-refractivity contribution in [2.24, 2.45) is 0 Å². The van der Waals surface area contributed by atoms with Gasteiger partial charge in [-0.1, -0.05) is 12.1 Å². The van der Waals surface area contributed by atoms with E-state index in [9.17, 15) is 9.59 Å². The number of nitrogens with zero attached hydrogens (tertiary/aromatic N) is 2. The maximum absolute atomic E-state index is 12.7. The highest BCUT2D eigenvalue weighted by atomic mass is 32.1. The molecule has 0 saturated heterocycles. The van der Waals surface area contributed by atoms with Crippen LogP contribution in [0.4, 0.5) is 5.69 Å². The molecule has 2 N–H and O–H groups in total. The summed E-state index contributed by atoms with van der Waals surface area (Å²) in [6, 6.07) is 15.6. The Hall–Kier alpha value is -4.24. The van der Waals surface area contributed by atoms with Gasteiger partial charge in [0, 0.05) is 41.1 Å². The van der Waals surface area contributed by atoms with Crippen molar-refractivity contribution in [1.82, 2.24) is 15.3 Å². The van der Waals surface area contributed by atoms with Crippen LogP contribution in [0.25, 0.3) is 0 Å². The van der Waals surface area contributed by atoms with Gasteiger partial charge in [0.25, 0.3) is 11.8 Å². The summed E-state index contributed by atoms with van der Waals surface area (Å²) in [6.07, 6.45) is 3.13. The molecular weight excluding hydrogens is 452 g/mol. The first kappa shape index (κ1) is 22.9. The second kappa shape index (κ2) is 11.1. The first-order chi connectivity index (χ1) is 16.6. The molecule has 0 spiro atoms. The van der Waals surface area contributed by atoms with E-state index >= 15 is 0 Å². The van der Waals surface area contributed by atoms with Gasteiger partial charge in [-0.25, -0.2) is 4.98 Å². The Morgan fingerprint density at radius 3 is 2.59 bits per heavy atom. The highest BCUT2D eigenvalue weighted by Crippen LogP contribution is 2.29. The molecule has 2 aromatic carbocycles. The topological polar surface area (TPSA) is 102 Å². The second-order valence-corrected chi connectivity index (χ2v) is 7.93. The van der Waals surface area contributed by atoms with Crippen LogP contribution in [0.5, 0.6) is 11.5 Å². The van der Waals surface area contributed by atoms with Crippen molar-refractivity contribution in [3.05, 3.63) is 100 Å². The molecule has 172 valence electrons. The summed E-state index contributed by atoms with van der Waals surface area (Å²) in [5.74, 6) is 0.511. The summed E-state index contributed by atoms with van der Waals surface area (Å²) in [7, 11) is 1.53. The number of nitrogens with one attached hydrogen (secondary N) is 2. The third kappa shape index (κ3) is 5.96. The van der Waals surface area contributed by atoms with Crippen LogP contribution in [0.1, 0.15) is 32.0 Å². The number of aromatic nitrogens is 2. The Bertz CT molecular complexity index is 1260. The third-order valence-corrected chi connectivity index (χ3v) is 5.50. The van der Waals surface area contributed by atoms with Crippen molar-refractivity contribution >= 4 is 28.8 Å². The minimum absolute atomic E-state index is 0.229. The van der Waals surface area contributed by atoms with Gasteiger partial charge in [-0.2, -0.15) is 0 Å². The zero-order valence-corrected chi connectivity index (χ0v) is 19.2. The van der Waals surface area contributed by atoms with Gasteiger partial charge in [-0.15, -0.1) is 11.3 Å². The first-order valence-electron chi connectivity index (χ1n) is 10.4. The van der Waals surface area contributed by atoms with E-state index < -0.39 is 0 Å². The Morgan fingerprint density at radius 2 is 1.82 bits per heavy atom. The molecule has 0 radical (unpaired) electrons. The molecule has 0 bridgehead atoms. The van der Waals surface area contributed by atoms with Crippen molar-refractivity contribution < 1.29 is 19.1 Å². The zero-order valence-electron chi connectivity index (χ0n) is 18.4. The van der Waals surface area contributed by atoms with E-state index in [0.717, 1.165) is 11.3 Å². The predicted octanol–water partition coefficient (Wildman–Crippen LogP) is 4.31. The minimum Gasteiger partial charge on any atom is -0.493 e. The Labute approximate surface area is 200 Å². The summed E-state index contributed by atoms with van der Waals surface area (Å²) in [4.78, 5) is 33.1. The Morgan fingerprint density at radius 1 is 0.971 bits per heavy atom. The number of ether oxygens (including phenoxy) is 2. The van der Waals surface area contributed by atoms with E-state index in [2.05, 4.69) is 20.6 Å². The summed E-state index contributed by atoms with van der Waals surface area (Å²) < 4.78 is 11.2. The lowest BCUT2D eigenvalue weighted by molar-refractivity contribution is 0.0949. The Kier molecular flexibility index (Phi) is 7.46. The molecule has 0 aliphatic heterocycles. The number of rotatable bonds is 9. The number of methoxy groups -OCH3 is 1. The largest absolute Gasteiger partial charge is 0.493 e. The van der Waals surface area contributed by atoms with Crippen LogP contribution in [0.15, 0.2) is 77.9 Å². The van der Waals surface area contributed by atoms with Crippen LogP contribution in [-0.2, 0) is 13.2 Å². The fourth-order valence-corrected chi connectivity index (χ4v) is 3.68. The molecule has 0 aliphatic rings. The molecule has 0 aliphatic carbocycles. The monoisotopic (exact) mass is 474 g/mol. The summed E-state index contributed by atoms with van der Waals surface area (Å²) in [6.45, 7) is 0.613. The lowest BCUT2D eigenvalue weighted by atomic mass is 10.1. The van der Waals surface area contributed by atoms with Crippen LogP contribution < -0.4 is 20.1 Å². The third-order valence-electron chi connectivity index (χ3n) is 4.87. The molecule has 2 aromatic heterocycles. The number of carbonyl (C=O) groups excluding carboxylic acids is 2. The van der Waals surface area contributed by atoms with Crippen LogP contribution in [-0.4, -0.2) is 28.9 Å². The number of anilines is 1. The molecule has 4 aromatic rings. The number of pyridine rings is 1. The van der Waals surface area contributed by atoms with Crippen molar-refractivity contribution in [3.8, 4) is 11.5 Å². The highest BCUT2D eigenvalue weighted by Gasteiger charge is 2.12. The molecule has 4 rings (SSSR count). The second-order valence-electron chi connectivity index (χ2n) is 7.21. The van der Waals surface area contributed by atoms with E-state index in [1.165, 1.54) is 18.4 Å². The average molecular weight is 475 g/mol. The standard InChI is InChI=1S/C25H22N4O4S/c1-32-23-12-19(5-6-22(23)33-14-21-15-34-16-28-21)24(30)27-13-17-3-2-4-20(11-17)29-25(31)18-7-9-26-10-8-18/h2-12,15-16H,13-14H2,1H3,(H,27,30)(H,29,31). The van der Waals surface area contributed by atoms with E-state index in [0.29, 0.717) is 41.5 Å². The van der Waals surface area contributed by atoms with Gasteiger partial charge < -0.3 is 20.1 Å². The summed E-state index contributed by atoms with van der Waals surface area (Å²) >= 11 is 1.50. The van der Waals surface area contributed by atoms with E-state index in [4.69, 9.17) is 9.47 Å². The summed E-state index contributed by atoms with van der Waals surface area (Å²) in [5.41, 5.74) is 5.01. The van der Waals surface area contributed by atoms with Crippen LogP contribution in [0, 0.1) is 0 Å². The smallest absolute Gasteiger partial charge is 0.255 e. The molecule has 0 fully saturated rings. The number of hydrogen-bond acceptors (Lipinski definition) is 7. The van der Waals surface area contributed by atoms with Gasteiger partial charge in [0.2, 0.25) is 0 Å². The lowest BCUT2D eigenvalue weighted by Crippen LogP contribution is -2.23.